The fourth-order valence-electron chi connectivity index (χ4n) is 2.55. The Balaban J connectivity index is 1.91. The number of anilines is 1. The van der Waals surface area contributed by atoms with Gasteiger partial charge in [-0.25, -0.2) is 4.79 Å². The van der Waals surface area contributed by atoms with E-state index in [4.69, 9.17) is 5.11 Å². The largest absolute Gasteiger partial charge is 0.481 e. The summed E-state index contributed by atoms with van der Waals surface area (Å²) in [5.41, 5.74) is 0.661. The number of amides is 2. The Labute approximate surface area is 123 Å². The van der Waals surface area contributed by atoms with Crippen LogP contribution in [-0.4, -0.2) is 44.9 Å². The van der Waals surface area contributed by atoms with Crippen LogP contribution in [0.2, 0.25) is 0 Å². The summed E-state index contributed by atoms with van der Waals surface area (Å²) < 4.78 is 1.78. The van der Waals surface area contributed by atoms with Crippen LogP contribution in [0.1, 0.15) is 39.2 Å². The Bertz CT molecular complexity index is 512. The van der Waals surface area contributed by atoms with Crippen LogP contribution in [0.25, 0.3) is 0 Å². The van der Waals surface area contributed by atoms with Crippen LogP contribution < -0.4 is 5.32 Å². The number of rotatable bonds is 4. The predicted molar refractivity (Wildman–Crippen MR) is 78.2 cm³/mol. The minimum absolute atomic E-state index is 0.0420. The second-order valence-corrected chi connectivity index (χ2v) is 5.79. The average molecular weight is 294 g/mol. The molecule has 0 radical (unpaired) electrons. The van der Waals surface area contributed by atoms with E-state index in [9.17, 15) is 9.59 Å². The van der Waals surface area contributed by atoms with Gasteiger partial charge < -0.3 is 15.3 Å². The molecule has 0 aliphatic carbocycles. The molecule has 1 atom stereocenters. The van der Waals surface area contributed by atoms with E-state index in [1.165, 1.54) is 0 Å². The van der Waals surface area contributed by atoms with Gasteiger partial charge in [-0.3, -0.25) is 9.48 Å². The highest BCUT2D eigenvalue weighted by molar-refractivity contribution is 5.89. The lowest BCUT2D eigenvalue weighted by Crippen LogP contribution is -2.42. The highest BCUT2D eigenvalue weighted by Crippen LogP contribution is 2.20. The van der Waals surface area contributed by atoms with Crippen LogP contribution in [0.15, 0.2) is 12.4 Å². The number of likely N-dealkylation sites (tertiary alicyclic amines) is 1. The maximum atomic E-state index is 12.2. The summed E-state index contributed by atoms with van der Waals surface area (Å²) >= 11 is 0. The molecule has 21 heavy (non-hydrogen) atoms. The number of piperidine rings is 1. The van der Waals surface area contributed by atoms with Gasteiger partial charge in [0.1, 0.15) is 0 Å². The molecule has 1 fully saturated rings. The molecule has 1 saturated heterocycles. The van der Waals surface area contributed by atoms with Gasteiger partial charge in [-0.05, 0) is 32.6 Å². The zero-order valence-electron chi connectivity index (χ0n) is 12.5. The van der Waals surface area contributed by atoms with E-state index >= 15 is 0 Å². The molecule has 1 aliphatic heterocycles. The topological polar surface area (TPSA) is 87.5 Å². The van der Waals surface area contributed by atoms with Gasteiger partial charge in [-0.1, -0.05) is 0 Å². The first kappa shape index (κ1) is 15.3. The van der Waals surface area contributed by atoms with Crippen molar-refractivity contribution < 1.29 is 14.7 Å². The van der Waals surface area contributed by atoms with Crippen molar-refractivity contribution in [1.82, 2.24) is 14.7 Å². The number of carboxylic acid groups (broad SMARTS) is 1. The average Bonchev–Trinajstić information content (AvgIpc) is 2.87. The molecular formula is C14H22N4O3. The quantitative estimate of drug-likeness (QED) is 0.891. The van der Waals surface area contributed by atoms with Crippen LogP contribution in [0.4, 0.5) is 10.5 Å². The van der Waals surface area contributed by atoms with Gasteiger partial charge >= 0.3 is 12.0 Å². The SMILES string of the molecule is CC(C)n1cc(NC(=O)N2CCCC(CC(=O)O)C2)cn1. The molecule has 1 unspecified atom stereocenters. The Hall–Kier alpha value is -2.05. The van der Waals surface area contributed by atoms with Gasteiger partial charge in [0.25, 0.3) is 0 Å². The van der Waals surface area contributed by atoms with E-state index in [0.29, 0.717) is 18.8 Å². The van der Waals surface area contributed by atoms with Crippen molar-refractivity contribution in [3.8, 4) is 0 Å². The maximum Gasteiger partial charge on any atom is 0.321 e. The van der Waals surface area contributed by atoms with Gasteiger partial charge in [0.2, 0.25) is 0 Å². The van der Waals surface area contributed by atoms with E-state index < -0.39 is 5.97 Å². The monoisotopic (exact) mass is 294 g/mol. The lowest BCUT2D eigenvalue weighted by Gasteiger charge is -2.31. The molecule has 0 spiro atoms. The number of nitrogens with zero attached hydrogens (tertiary/aromatic N) is 3. The number of urea groups is 1. The van der Waals surface area contributed by atoms with E-state index in [0.717, 1.165) is 12.8 Å². The smallest absolute Gasteiger partial charge is 0.321 e. The van der Waals surface area contributed by atoms with E-state index in [1.54, 1.807) is 22.0 Å². The molecule has 1 aromatic heterocycles. The minimum Gasteiger partial charge on any atom is -0.481 e. The normalized spacial score (nSPS) is 18.8. The third-order valence-corrected chi connectivity index (χ3v) is 3.65. The number of aliphatic carboxylic acids is 1. The van der Waals surface area contributed by atoms with E-state index in [2.05, 4.69) is 10.4 Å². The molecule has 2 amide bonds. The number of carbonyl (C=O) groups excluding carboxylic acids is 1. The van der Waals surface area contributed by atoms with Crippen LogP contribution in [0, 0.1) is 5.92 Å². The fourth-order valence-corrected chi connectivity index (χ4v) is 2.55. The molecule has 7 nitrogen and oxygen atoms in total. The number of nitrogens with one attached hydrogen (secondary N) is 1. The van der Waals surface area contributed by atoms with Gasteiger partial charge in [0.15, 0.2) is 0 Å². The lowest BCUT2D eigenvalue weighted by atomic mass is 9.95. The van der Waals surface area contributed by atoms with Crippen LogP contribution >= 0.6 is 0 Å². The molecule has 0 aromatic carbocycles. The summed E-state index contributed by atoms with van der Waals surface area (Å²) in [5, 5.41) is 15.8. The highest BCUT2D eigenvalue weighted by Gasteiger charge is 2.25. The summed E-state index contributed by atoms with van der Waals surface area (Å²) in [4.78, 5) is 24.7. The summed E-state index contributed by atoms with van der Waals surface area (Å²) in [6.07, 6.45) is 5.24. The second-order valence-electron chi connectivity index (χ2n) is 5.79. The highest BCUT2D eigenvalue weighted by atomic mass is 16.4. The van der Waals surface area contributed by atoms with Crippen molar-refractivity contribution in [3.05, 3.63) is 12.4 Å². The first-order valence-electron chi connectivity index (χ1n) is 7.27. The molecule has 116 valence electrons. The predicted octanol–water partition coefficient (Wildman–Crippen LogP) is 2.18. The zero-order chi connectivity index (χ0) is 15.4. The van der Waals surface area contributed by atoms with Gasteiger partial charge in [-0.2, -0.15) is 5.10 Å². The molecule has 2 N–H and O–H groups in total. The first-order valence-corrected chi connectivity index (χ1v) is 7.27. The third kappa shape index (κ3) is 4.21. The number of carboxylic acids is 1. The van der Waals surface area contributed by atoms with Crippen molar-refractivity contribution in [1.29, 1.82) is 0 Å². The Morgan fingerprint density at radius 3 is 2.90 bits per heavy atom. The summed E-state index contributed by atoms with van der Waals surface area (Å²) in [7, 11) is 0. The summed E-state index contributed by atoms with van der Waals surface area (Å²) in [6.45, 7) is 5.19. The minimum atomic E-state index is -0.805. The Morgan fingerprint density at radius 2 is 2.29 bits per heavy atom. The number of hydrogen-bond acceptors (Lipinski definition) is 3. The molecule has 1 aliphatic rings. The molecule has 0 saturated carbocycles. The summed E-state index contributed by atoms with van der Waals surface area (Å²) in [5.74, 6) is -0.763. The van der Waals surface area contributed by atoms with E-state index in [1.807, 2.05) is 13.8 Å². The standard InChI is InChI=1S/C14H22N4O3/c1-10(2)18-9-12(7-15-18)16-14(21)17-5-3-4-11(8-17)6-13(19)20/h7,9-11H,3-6,8H2,1-2H3,(H,16,21)(H,19,20). The van der Waals surface area contributed by atoms with Crippen molar-refractivity contribution >= 4 is 17.7 Å². The van der Waals surface area contributed by atoms with Gasteiger partial charge in [-0.15, -0.1) is 0 Å². The first-order chi connectivity index (χ1) is 9.95. The maximum absolute atomic E-state index is 12.2. The molecule has 1 aromatic rings. The molecular weight excluding hydrogens is 272 g/mol. The molecule has 7 heteroatoms. The van der Waals surface area contributed by atoms with Crippen LogP contribution in [0.5, 0.6) is 0 Å². The molecule has 2 heterocycles. The Kier molecular flexibility index (Phi) is 4.82. The van der Waals surface area contributed by atoms with Crippen molar-refractivity contribution in [2.45, 2.75) is 39.2 Å². The number of hydrogen-bond donors (Lipinski definition) is 2. The van der Waals surface area contributed by atoms with Crippen molar-refractivity contribution in [2.24, 2.45) is 5.92 Å². The Morgan fingerprint density at radius 1 is 1.52 bits per heavy atom. The number of aromatic nitrogens is 2. The van der Waals surface area contributed by atoms with Crippen molar-refractivity contribution in [3.63, 3.8) is 0 Å². The summed E-state index contributed by atoms with van der Waals surface area (Å²) in [6, 6.07) is 0.0546. The molecule has 0 bridgehead atoms. The molecule has 2 rings (SSSR count). The van der Waals surface area contributed by atoms with E-state index in [-0.39, 0.29) is 24.4 Å². The van der Waals surface area contributed by atoms with Crippen LogP contribution in [0.3, 0.4) is 0 Å². The lowest BCUT2D eigenvalue weighted by molar-refractivity contribution is -0.138. The van der Waals surface area contributed by atoms with Crippen molar-refractivity contribution in [2.75, 3.05) is 18.4 Å². The van der Waals surface area contributed by atoms with Crippen LogP contribution in [-0.2, 0) is 4.79 Å². The third-order valence-electron chi connectivity index (χ3n) is 3.65. The zero-order valence-corrected chi connectivity index (χ0v) is 12.5. The second kappa shape index (κ2) is 6.60. The number of carbonyl (C=O) groups is 2. The fraction of sp³-hybridized carbons (Fsp3) is 0.643. The van der Waals surface area contributed by atoms with Gasteiger partial charge in [0, 0.05) is 31.7 Å². The van der Waals surface area contributed by atoms with Gasteiger partial charge in [0.05, 0.1) is 11.9 Å².